The molecule has 0 heterocycles. The summed E-state index contributed by atoms with van der Waals surface area (Å²) in [5.41, 5.74) is 3.16. The fraction of sp³-hybridized carbons (Fsp3) is 0.136. The average molecular weight is 433 g/mol. The number of amides is 1. The first-order chi connectivity index (χ1) is 13.9. The molecule has 3 rings (SSSR count). The van der Waals surface area contributed by atoms with E-state index in [0.717, 1.165) is 16.9 Å². The third kappa shape index (κ3) is 6.11. The Morgan fingerprint density at radius 2 is 1.69 bits per heavy atom. The van der Waals surface area contributed by atoms with E-state index in [0.29, 0.717) is 27.9 Å². The molecule has 0 spiro atoms. The number of carbonyl (C=O) groups excluding carboxylic acids is 1. The van der Waals surface area contributed by atoms with Crippen LogP contribution in [0.15, 0.2) is 60.7 Å². The van der Waals surface area contributed by atoms with Gasteiger partial charge in [-0.05, 0) is 54.6 Å². The molecule has 4 nitrogen and oxygen atoms in total. The lowest BCUT2D eigenvalue weighted by molar-refractivity contribution is -0.114. The third-order valence-electron chi connectivity index (χ3n) is 4.11. The lowest BCUT2D eigenvalue weighted by Gasteiger charge is -2.14. The van der Waals surface area contributed by atoms with Gasteiger partial charge in [0.25, 0.3) is 0 Å². The summed E-state index contributed by atoms with van der Waals surface area (Å²) < 4.78 is 19.1. The number of rotatable bonds is 7. The van der Waals surface area contributed by atoms with Crippen molar-refractivity contribution in [1.29, 1.82) is 0 Å². The maximum absolute atomic E-state index is 13.2. The fourth-order valence-electron chi connectivity index (χ4n) is 2.69. The molecule has 0 aliphatic carbocycles. The van der Waals surface area contributed by atoms with Crippen molar-refractivity contribution in [1.82, 2.24) is 0 Å². The minimum Gasteiger partial charge on any atom is -0.488 e. The SMILES string of the molecule is CC(=O)Nc1ccc(NCc2cc(Cl)ccc2OCc2ccc(F)cc2Cl)cc1. The van der Waals surface area contributed by atoms with Crippen LogP contribution in [0.2, 0.25) is 10.0 Å². The van der Waals surface area contributed by atoms with Gasteiger partial charge in [0, 0.05) is 41.0 Å². The monoisotopic (exact) mass is 432 g/mol. The van der Waals surface area contributed by atoms with Crippen LogP contribution in [0.1, 0.15) is 18.1 Å². The first kappa shape index (κ1) is 21.0. The molecule has 0 saturated heterocycles. The van der Waals surface area contributed by atoms with Crippen LogP contribution in [0.3, 0.4) is 0 Å². The van der Waals surface area contributed by atoms with Crippen molar-refractivity contribution in [3.05, 3.63) is 87.7 Å². The lowest BCUT2D eigenvalue weighted by atomic mass is 10.2. The molecule has 0 atom stereocenters. The Balaban J connectivity index is 1.67. The summed E-state index contributed by atoms with van der Waals surface area (Å²) in [7, 11) is 0. The molecule has 1 amide bonds. The Hall–Kier alpha value is -2.76. The molecule has 3 aromatic carbocycles. The summed E-state index contributed by atoms with van der Waals surface area (Å²) >= 11 is 12.2. The van der Waals surface area contributed by atoms with Crippen LogP contribution < -0.4 is 15.4 Å². The second-order valence-corrected chi connectivity index (χ2v) is 7.23. The van der Waals surface area contributed by atoms with E-state index in [-0.39, 0.29) is 18.3 Å². The van der Waals surface area contributed by atoms with Crippen molar-refractivity contribution in [2.45, 2.75) is 20.1 Å². The van der Waals surface area contributed by atoms with Crippen LogP contribution >= 0.6 is 23.2 Å². The van der Waals surface area contributed by atoms with Gasteiger partial charge in [0.05, 0.1) is 5.02 Å². The van der Waals surface area contributed by atoms with Gasteiger partial charge in [0.1, 0.15) is 18.2 Å². The number of halogens is 3. The first-order valence-electron chi connectivity index (χ1n) is 8.87. The van der Waals surface area contributed by atoms with Crippen LogP contribution in [0, 0.1) is 5.82 Å². The number of nitrogens with one attached hydrogen (secondary N) is 2. The zero-order valence-electron chi connectivity index (χ0n) is 15.6. The van der Waals surface area contributed by atoms with Crippen LogP contribution in [0.4, 0.5) is 15.8 Å². The molecule has 7 heteroatoms. The second kappa shape index (κ2) is 9.63. The van der Waals surface area contributed by atoms with Gasteiger partial charge in [-0.15, -0.1) is 0 Å². The maximum Gasteiger partial charge on any atom is 0.221 e. The number of benzene rings is 3. The summed E-state index contributed by atoms with van der Waals surface area (Å²) in [5, 5.41) is 6.93. The number of anilines is 2. The lowest BCUT2D eigenvalue weighted by Crippen LogP contribution is -2.06. The van der Waals surface area contributed by atoms with Gasteiger partial charge in [-0.25, -0.2) is 4.39 Å². The smallest absolute Gasteiger partial charge is 0.221 e. The Kier molecular flexibility index (Phi) is 6.96. The fourth-order valence-corrected chi connectivity index (χ4v) is 3.11. The van der Waals surface area contributed by atoms with Crippen molar-refractivity contribution in [2.75, 3.05) is 10.6 Å². The van der Waals surface area contributed by atoms with Gasteiger partial charge in [-0.1, -0.05) is 29.3 Å². The Labute approximate surface area is 178 Å². The minimum absolute atomic E-state index is 0.118. The molecule has 0 aromatic heterocycles. The van der Waals surface area contributed by atoms with E-state index < -0.39 is 0 Å². The zero-order valence-corrected chi connectivity index (χ0v) is 17.1. The Morgan fingerprint density at radius 3 is 2.38 bits per heavy atom. The van der Waals surface area contributed by atoms with Gasteiger partial charge in [-0.2, -0.15) is 0 Å². The topological polar surface area (TPSA) is 50.4 Å². The highest BCUT2D eigenvalue weighted by Crippen LogP contribution is 2.26. The van der Waals surface area contributed by atoms with E-state index in [1.807, 2.05) is 30.3 Å². The van der Waals surface area contributed by atoms with Crippen LogP contribution in [0.5, 0.6) is 5.75 Å². The molecule has 29 heavy (non-hydrogen) atoms. The van der Waals surface area contributed by atoms with Crippen molar-refractivity contribution in [3.63, 3.8) is 0 Å². The molecular weight excluding hydrogens is 414 g/mol. The number of hydrogen-bond donors (Lipinski definition) is 2. The van der Waals surface area contributed by atoms with E-state index in [2.05, 4.69) is 10.6 Å². The van der Waals surface area contributed by atoms with Crippen LogP contribution in [0.25, 0.3) is 0 Å². The van der Waals surface area contributed by atoms with E-state index in [9.17, 15) is 9.18 Å². The molecule has 0 aliphatic rings. The second-order valence-electron chi connectivity index (χ2n) is 6.39. The summed E-state index contributed by atoms with van der Waals surface area (Å²) in [4.78, 5) is 11.1. The predicted octanol–water partition coefficient (Wildman–Crippen LogP) is 6.28. The van der Waals surface area contributed by atoms with Crippen LogP contribution in [-0.2, 0) is 17.9 Å². The molecule has 0 bridgehead atoms. The predicted molar refractivity (Wildman–Crippen MR) is 115 cm³/mol. The molecule has 0 saturated carbocycles. The van der Waals surface area contributed by atoms with E-state index in [1.165, 1.54) is 19.1 Å². The normalized spacial score (nSPS) is 10.5. The Morgan fingerprint density at radius 1 is 0.966 bits per heavy atom. The molecule has 150 valence electrons. The summed E-state index contributed by atoms with van der Waals surface area (Å²) in [6, 6.07) is 16.9. The number of hydrogen-bond acceptors (Lipinski definition) is 3. The molecule has 0 unspecified atom stereocenters. The zero-order chi connectivity index (χ0) is 20.8. The summed E-state index contributed by atoms with van der Waals surface area (Å²) in [6.45, 7) is 2.15. The van der Waals surface area contributed by atoms with E-state index in [4.69, 9.17) is 27.9 Å². The summed E-state index contributed by atoms with van der Waals surface area (Å²) in [6.07, 6.45) is 0. The van der Waals surface area contributed by atoms with Crippen molar-refractivity contribution < 1.29 is 13.9 Å². The van der Waals surface area contributed by atoms with Crippen LogP contribution in [-0.4, -0.2) is 5.91 Å². The van der Waals surface area contributed by atoms with Gasteiger partial charge in [0.2, 0.25) is 5.91 Å². The highest BCUT2D eigenvalue weighted by Gasteiger charge is 2.08. The van der Waals surface area contributed by atoms with Crippen molar-refractivity contribution >= 4 is 40.5 Å². The minimum atomic E-state index is -0.389. The van der Waals surface area contributed by atoms with Gasteiger partial charge in [-0.3, -0.25) is 4.79 Å². The highest BCUT2D eigenvalue weighted by molar-refractivity contribution is 6.31. The number of ether oxygens (including phenoxy) is 1. The molecular formula is C22H19Cl2FN2O2. The van der Waals surface area contributed by atoms with Gasteiger partial charge in [0.15, 0.2) is 0 Å². The molecule has 0 fully saturated rings. The van der Waals surface area contributed by atoms with Crippen molar-refractivity contribution in [3.8, 4) is 5.75 Å². The highest BCUT2D eigenvalue weighted by atomic mass is 35.5. The maximum atomic E-state index is 13.2. The Bertz CT molecular complexity index is 1010. The summed E-state index contributed by atoms with van der Waals surface area (Å²) in [5.74, 6) is 0.143. The molecule has 2 N–H and O–H groups in total. The van der Waals surface area contributed by atoms with Gasteiger partial charge >= 0.3 is 0 Å². The van der Waals surface area contributed by atoms with E-state index >= 15 is 0 Å². The van der Waals surface area contributed by atoms with Gasteiger partial charge < -0.3 is 15.4 Å². The quantitative estimate of drug-likeness (QED) is 0.461. The third-order valence-corrected chi connectivity index (χ3v) is 4.70. The van der Waals surface area contributed by atoms with Crippen molar-refractivity contribution in [2.24, 2.45) is 0 Å². The molecule has 3 aromatic rings. The molecule has 0 radical (unpaired) electrons. The largest absolute Gasteiger partial charge is 0.488 e. The first-order valence-corrected chi connectivity index (χ1v) is 9.63. The standard InChI is InChI=1S/C22H19Cl2FN2O2/c1-14(28)27-20-7-5-19(6-8-20)26-12-16-10-17(23)3-9-22(16)29-13-15-2-4-18(25)11-21(15)24/h2-11,26H,12-13H2,1H3,(H,27,28). The van der Waals surface area contributed by atoms with E-state index in [1.54, 1.807) is 18.2 Å². The molecule has 0 aliphatic heterocycles. The number of carbonyl (C=O) groups is 1. The average Bonchev–Trinajstić information content (AvgIpc) is 2.67.